The zero-order valence-corrected chi connectivity index (χ0v) is 22.5. The summed E-state index contributed by atoms with van der Waals surface area (Å²) in [7, 11) is 0. The van der Waals surface area contributed by atoms with Gasteiger partial charge in [-0.05, 0) is 63.3 Å². The van der Waals surface area contributed by atoms with Gasteiger partial charge in [-0.2, -0.15) is 0 Å². The number of fused-ring (bicyclic) bond motifs is 1. The van der Waals surface area contributed by atoms with Crippen LogP contribution in [-0.4, -0.2) is 55.0 Å². The number of para-hydroxylation sites is 3. The molecule has 0 saturated heterocycles. The zero-order valence-electron chi connectivity index (χ0n) is 22.5. The molecule has 216 valence electrons. The molecule has 2 aliphatic rings. The molecule has 0 radical (unpaired) electrons. The summed E-state index contributed by atoms with van der Waals surface area (Å²) < 4.78 is 48.4. The first-order chi connectivity index (χ1) is 18.8. The molecule has 40 heavy (non-hydrogen) atoms. The Morgan fingerprint density at radius 2 is 1.75 bits per heavy atom. The number of amides is 3. The van der Waals surface area contributed by atoms with Crippen LogP contribution in [0.15, 0.2) is 48.5 Å². The SMILES string of the molecule is CC(C)(C)OC(=O)NC(Cc1ccccc1OC(F)(F)F)C(=O)N[C@@H]1CN(CC2CC2)c2ccccc2NC1=O. The molecule has 1 unspecified atom stereocenters. The third kappa shape index (κ3) is 8.27. The third-order valence-electron chi connectivity index (χ3n) is 6.34. The van der Waals surface area contributed by atoms with Crippen molar-refractivity contribution in [1.29, 1.82) is 0 Å². The standard InChI is InChI=1S/C28H33F3N4O5/c1-27(2,3)40-26(38)34-20(14-18-8-4-7-11-23(18)39-28(29,30)31)24(36)33-21-16-35(15-17-12-13-17)22-10-6-5-9-19(22)32-25(21)37/h4-11,17,20-21H,12-16H2,1-3H3,(H,32,37)(H,33,36)(H,34,38)/t20?,21-/m1/s1. The van der Waals surface area contributed by atoms with Crippen LogP contribution in [0.25, 0.3) is 0 Å². The van der Waals surface area contributed by atoms with Crippen molar-refractivity contribution in [2.45, 2.75) is 64.1 Å². The van der Waals surface area contributed by atoms with Crippen LogP contribution in [0, 0.1) is 5.92 Å². The minimum Gasteiger partial charge on any atom is -0.444 e. The van der Waals surface area contributed by atoms with Crippen LogP contribution in [0.3, 0.4) is 0 Å². The topological polar surface area (TPSA) is 109 Å². The summed E-state index contributed by atoms with van der Waals surface area (Å²) in [6.45, 7) is 5.79. The van der Waals surface area contributed by atoms with Gasteiger partial charge in [0.2, 0.25) is 11.8 Å². The van der Waals surface area contributed by atoms with Gasteiger partial charge in [-0.25, -0.2) is 4.79 Å². The number of carbonyl (C=O) groups is 3. The number of ether oxygens (including phenoxy) is 2. The van der Waals surface area contributed by atoms with E-state index in [1.807, 2.05) is 17.0 Å². The Balaban J connectivity index is 1.56. The lowest BCUT2D eigenvalue weighted by Gasteiger charge is -2.28. The average Bonchev–Trinajstić information content (AvgIpc) is 3.67. The number of carbonyl (C=O) groups excluding carboxylic acids is 3. The maximum Gasteiger partial charge on any atom is 0.573 e. The number of alkyl halides is 3. The van der Waals surface area contributed by atoms with E-state index >= 15 is 0 Å². The first kappa shape index (κ1) is 29.0. The van der Waals surface area contributed by atoms with Crippen molar-refractivity contribution in [2.24, 2.45) is 5.92 Å². The second-order valence-corrected chi connectivity index (χ2v) is 11.0. The molecular weight excluding hydrogens is 529 g/mol. The molecular formula is C28H33F3N4O5. The molecule has 1 fully saturated rings. The Kier molecular flexibility index (Phi) is 8.45. The fourth-order valence-electron chi connectivity index (χ4n) is 4.42. The van der Waals surface area contributed by atoms with E-state index in [0.29, 0.717) is 18.2 Å². The molecule has 1 heterocycles. The van der Waals surface area contributed by atoms with Crippen molar-refractivity contribution < 1.29 is 37.0 Å². The number of alkyl carbamates (subject to hydrolysis) is 1. The Morgan fingerprint density at radius 3 is 2.42 bits per heavy atom. The highest BCUT2D eigenvalue weighted by Gasteiger charge is 2.36. The lowest BCUT2D eigenvalue weighted by atomic mass is 10.0. The van der Waals surface area contributed by atoms with Crippen LogP contribution in [-0.2, 0) is 20.7 Å². The Bertz CT molecular complexity index is 1240. The van der Waals surface area contributed by atoms with E-state index in [1.54, 1.807) is 32.9 Å². The molecule has 0 aromatic heterocycles. The van der Waals surface area contributed by atoms with Gasteiger partial charge in [0.25, 0.3) is 0 Å². The van der Waals surface area contributed by atoms with Crippen molar-refractivity contribution in [3.8, 4) is 5.75 Å². The maximum atomic E-state index is 13.5. The van der Waals surface area contributed by atoms with E-state index in [0.717, 1.165) is 24.6 Å². The summed E-state index contributed by atoms with van der Waals surface area (Å²) in [5, 5.41) is 7.99. The molecule has 9 nitrogen and oxygen atoms in total. The van der Waals surface area contributed by atoms with E-state index in [9.17, 15) is 27.6 Å². The highest BCUT2D eigenvalue weighted by atomic mass is 19.4. The van der Waals surface area contributed by atoms with Gasteiger partial charge in [-0.15, -0.1) is 13.2 Å². The van der Waals surface area contributed by atoms with Crippen LogP contribution in [0.4, 0.5) is 29.3 Å². The molecule has 2 aromatic rings. The van der Waals surface area contributed by atoms with Gasteiger partial charge >= 0.3 is 12.5 Å². The second kappa shape index (κ2) is 11.6. The number of rotatable bonds is 8. The predicted molar refractivity (Wildman–Crippen MR) is 142 cm³/mol. The molecule has 4 rings (SSSR count). The number of hydrogen-bond donors (Lipinski definition) is 3. The van der Waals surface area contributed by atoms with Gasteiger partial charge in [-0.3, -0.25) is 9.59 Å². The highest BCUT2D eigenvalue weighted by molar-refractivity contribution is 6.02. The summed E-state index contributed by atoms with van der Waals surface area (Å²) in [6.07, 6.45) is -4.07. The lowest BCUT2D eigenvalue weighted by Crippen LogP contribution is -2.56. The van der Waals surface area contributed by atoms with E-state index < -0.39 is 47.7 Å². The summed E-state index contributed by atoms with van der Waals surface area (Å²) in [5.74, 6) is -1.22. The number of nitrogens with zero attached hydrogens (tertiary/aromatic N) is 1. The summed E-state index contributed by atoms with van der Waals surface area (Å²) in [4.78, 5) is 41.3. The second-order valence-electron chi connectivity index (χ2n) is 11.0. The monoisotopic (exact) mass is 562 g/mol. The van der Waals surface area contributed by atoms with Crippen LogP contribution in [0.5, 0.6) is 5.75 Å². The molecule has 1 saturated carbocycles. The smallest absolute Gasteiger partial charge is 0.444 e. The van der Waals surface area contributed by atoms with Gasteiger partial charge in [0.15, 0.2) is 0 Å². The minimum atomic E-state index is -4.95. The minimum absolute atomic E-state index is 0.0316. The third-order valence-corrected chi connectivity index (χ3v) is 6.34. The fraction of sp³-hybridized carbons (Fsp3) is 0.464. The quantitative estimate of drug-likeness (QED) is 0.441. The maximum absolute atomic E-state index is 13.5. The van der Waals surface area contributed by atoms with Crippen LogP contribution < -0.4 is 25.6 Å². The largest absolute Gasteiger partial charge is 0.573 e. The van der Waals surface area contributed by atoms with Crippen LogP contribution in [0.2, 0.25) is 0 Å². The van der Waals surface area contributed by atoms with Crippen LogP contribution >= 0.6 is 0 Å². The van der Waals surface area contributed by atoms with E-state index in [4.69, 9.17) is 4.74 Å². The highest BCUT2D eigenvalue weighted by Crippen LogP contribution is 2.35. The normalized spacial score (nSPS) is 18.1. The number of hydrogen-bond acceptors (Lipinski definition) is 6. The first-order valence-corrected chi connectivity index (χ1v) is 13.1. The zero-order chi connectivity index (χ0) is 29.1. The molecule has 2 atom stereocenters. The first-order valence-electron chi connectivity index (χ1n) is 13.1. The van der Waals surface area contributed by atoms with Crippen molar-refractivity contribution in [3.63, 3.8) is 0 Å². The number of anilines is 2. The Hall–Kier alpha value is -3.96. The fourth-order valence-corrected chi connectivity index (χ4v) is 4.42. The van der Waals surface area contributed by atoms with Gasteiger partial charge < -0.3 is 30.3 Å². The summed E-state index contributed by atoms with van der Waals surface area (Å²) in [5.41, 5.74) is 0.593. The molecule has 3 amide bonds. The van der Waals surface area contributed by atoms with E-state index in [-0.39, 0.29) is 18.5 Å². The molecule has 2 aromatic carbocycles. The van der Waals surface area contributed by atoms with Gasteiger partial charge in [0.05, 0.1) is 11.4 Å². The molecule has 0 spiro atoms. The molecule has 1 aliphatic heterocycles. The molecule has 12 heteroatoms. The van der Waals surface area contributed by atoms with E-state index in [2.05, 4.69) is 20.7 Å². The van der Waals surface area contributed by atoms with Crippen molar-refractivity contribution in [3.05, 3.63) is 54.1 Å². The van der Waals surface area contributed by atoms with Crippen LogP contribution in [0.1, 0.15) is 39.2 Å². The molecule has 3 N–H and O–H groups in total. The van der Waals surface area contributed by atoms with Crippen molar-refractivity contribution >= 4 is 29.3 Å². The molecule has 0 bridgehead atoms. The number of benzene rings is 2. The van der Waals surface area contributed by atoms with Gasteiger partial charge in [0, 0.05) is 19.5 Å². The Morgan fingerprint density at radius 1 is 1.07 bits per heavy atom. The van der Waals surface area contributed by atoms with Gasteiger partial charge in [0.1, 0.15) is 23.4 Å². The summed E-state index contributed by atoms with van der Waals surface area (Å²) in [6, 6.07) is 10.3. The Labute approximate surface area is 230 Å². The molecule has 1 aliphatic carbocycles. The number of nitrogens with one attached hydrogen (secondary N) is 3. The summed E-state index contributed by atoms with van der Waals surface area (Å²) >= 11 is 0. The average molecular weight is 563 g/mol. The van der Waals surface area contributed by atoms with Crippen molar-refractivity contribution in [2.75, 3.05) is 23.3 Å². The lowest BCUT2D eigenvalue weighted by molar-refractivity contribution is -0.274. The predicted octanol–water partition coefficient (Wildman–Crippen LogP) is 4.37. The number of halogens is 3. The van der Waals surface area contributed by atoms with E-state index in [1.165, 1.54) is 18.2 Å². The van der Waals surface area contributed by atoms with Gasteiger partial charge in [-0.1, -0.05) is 30.3 Å². The van der Waals surface area contributed by atoms with Crippen molar-refractivity contribution in [1.82, 2.24) is 10.6 Å².